The van der Waals surface area contributed by atoms with Crippen molar-refractivity contribution in [1.29, 1.82) is 0 Å². The van der Waals surface area contributed by atoms with Crippen molar-refractivity contribution in [3.8, 4) is 5.75 Å². The number of carbonyl (C=O) groups is 1. The molecule has 1 aliphatic carbocycles. The van der Waals surface area contributed by atoms with E-state index in [1.807, 2.05) is 54.6 Å². The van der Waals surface area contributed by atoms with E-state index in [-0.39, 0.29) is 5.78 Å². The molecule has 0 atom stereocenters. The monoisotopic (exact) mass is 264 g/mol. The van der Waals surface area contributed by atoms with Crippen LogP contribution in [0.3, 0.4) is 0 Å². The fourth-order valence-electron chi connectivity index (χ4n) is 2.66. The van der Waals surface area contributed by atoms with E-state index >= 15 is 0 Å². The van der Waals surface area contributed by atoms with Gasteiger partial charge in [0.1, 0.15) is 5.75 Å². The summed E-state index contributed by atoms with van der Waals surface area (Å²) >= 11 is 0. The number of ether oxygens (including phenoxy) is 1. The number of allylic oxidation sites excluding steroid dienone is 1. The lowest BCUT2D eigenvalue weighted by atomic mass is 9.85. The topological polar surface area (TPSA) is 26.3 Å². The van der Waals surface area contributed by atoms with Gasteiger partial charge in [-0.1, -0.05) is 42.5 Å². The highest BCUT2D eigenvalue weighted by Gasteiger charge is 2.24. The lowest BCUT2D eigenvalue weighted by Gasteiger charge is -2.19. The number of methoxy groups -OCH3 is 1. The third-order valence-corrected chi connectivity index (χ3v) is 3.67. The Kier molecular flexibility index (Phi) is 3.38. The summed E-state index contributed by atoms with van der Waals surface area (Å²) in [4.78, 5) is 12.6. The lowest BCUT2D eigenvalue weighted by molar-refractivity contribution is 0.102. The Bertz CT molecular complexity index is 669. The normalized spacial score (nSPS) is 16.1. The Hall–Kier alpha value is -2.35. The van der Waals surface area contributed by atoms with Crippen LogP contribution in [0.2, 0.25) is 0 Å². The van der Waals surface area contributed by atoms with Gasteiger partial charge in [-0.2, -0.15) is 0 Å². The zero-order valence-electron chi connectivity index (χ0n) is 11.4. The SMILES string of the molecule is COc1cccc2c1CC/C(=C\c1ccccc1)C2=O. The molecule has 0 amide bonds. The third-order valence-electron chi connectivity index (χ3n) is 3.67. The molecule has 0 heterocycles. The first kappa shape index (κ1) is 12.7. The summed E-state index contributed by atoms with van der Waals surface area (Å²) in [6.45, 7) is 0. The summed E-state index contributed by atoms with van der Waals surface area (Å²) in [5, 5.41) is 0. The molecule has 2 aromatic carbocycles. The Morgan fingerprint density at radius 3 is 2.55 bits per heavy atom. The molecule has 1 aliphatic rings. The minimum Gasteiger partial charge on any atom is -0.496 e. The van der Waals surface area contributed by atoms with E-state index in [1.165, 1.54) is 0 Å². The Morgan fingerprint density at radius 1 is 1.00 bits per heavy atom. The number of Topliss-reactive ketones (excluding diaryl/α,β-unsaturated/α-hetero) is 1. The van der Waals surface area contributed by atoms with Crippen molar-refractivity contribution in [2.75, 3.05) is 7.11 Å². The summed E-state index contributed by atoms with van der Waals surface area (Å²) in [6.07, 6.45) is 3.61. The second-order valence-electron chi connectivity index (χ2n) is 4.90. The van der Waals surface area contributed by atoms with E-state index in [9.17, 15) is 4.79 Å². The molecule has 0 fully saturated rings. The van der Waals surface area contributed by atoms with E-state index in [1.54, 1.807) is 7.11 Å². The van der Waals surface area contributed by atoms with Crippen LogP contribution in [0.25, 0.3) is 6.08 Å². The molecule has 0 radical (unpaired) electrons. The van der Waals surface area contributed by atoms with Crippen molar-refractivity contribution < 1.29 is 9.53 Å². The smallest absolute Gasteiger partial charge is 0.189 e. The average molecular weight is 264 g/mol. The molecule has 2 heteroatoms. The summed E-state index contributed by atoms with van der Waals surface area (Å²) < 4.78 is 5.34. The van der Waals surface area contributed by atoms with Crippen molar-refractivity contribution >= 4 is 11.9 Å². The summed E-state index contributed by atoms with van der Waals surface area (Å²) in [7, 11) is 1.65. The third kappa shape index (κ3) is 2.25. The first-order valence-electron chi connectivity index (χ1n) is 6.76. The highest BCUT2D eigenvalue weighted by atomic mass is 16.5. The van der Waals surface area contributed by atoms with Crippen LogP contribution in [0.5, 0.6) is 5.75 Å². The highest BCUT2D eigenvalue weighted by molar-refractivity contribution is 6.13. The molecule has 20 heavy (non-hydrogen) atoms. The van der Waals surface area contributed by atoms with Crippen molar-refractivity contribution in [2.45, 2.75) is 12.8 Å². The molecule has 100 valence electrons. The minimum atomic E-state index is 0.119. The van der Waals surface area contributed by atoms with Gasteiger partial charge in [-0.25, -0.2) is 0 Å². The lowest BCUT2D eigenvalue weighted by Crippen LogP contribution is -2.15. The first-order chi connectivity index (χ1) is 9.79. The standard InChI is InChI=1S/C18H16O2/c1-20-17-9-5-8-16-15(17)11-10-14(18(16)19)12-13-6-3-2-4-7-13/h2-9,12H,10-11H2,1H3/b14-12+. The number of rotatable bonds is 2. The quantitative estimate of drug-likeness (QED) is 0.769. The number of carbonyl (C=O) groups excluding carboxylic acids is 1. The van der Waals surface area contributed by atoms with Gasteiger partial charge in [-0.3, -0.25) is 4.79 Å². The van der Waals surface area contributed by atoms with E-state index in [0.29, 0.717) is 0 Å². The molecule has 0 saturated heterocycles. The molecule has 0 saturated carbocycles. The van der Waals surface area contributed by atoms with Gasteiger partial charge in [0.15, 0.2) is 5.78 Å². The highest BCUT2D eigenvalue weighted by Crippen LogP contribution is 2.32. The number of hydrogen-bond acceptors (Lipinski definition) is 2. The maximum Gasteiger partial charge on any atom is 0.189 e. The van der Waals surface area contributed by atoms with Crippen LogP contribution in [-0.4, -0.2) is 12.9 Å². The van der Waals surface area contributed by atoms with Crippen LogP contribution in [0.1, 0.15) is 27.9 Å². The number of ketones is 1. The number of benzene rings is 2. The zero-order valence-corrected chi connectivity index (χ0v) is 11.4. The fraction of sp³-hybridized carbons (Fsp3) is 0.167. The molecular weight excluding hydrogens is 248 g/mol. The second-order valence-corrected chi connectivity index (χ2v) is 4.90. The van der Waals surface area contributed by atoms with Gasteiger partial charge >= 0.3 is 0 Å². The van der Waals surface area contributed by atoms with Gasteiger partial charge in [-0.05, 0) is 30.5 Å². The second kappa shape index (κ2) is 5.33. The fourth-order valence-corrected chi connectivity index (χ4v) is 2.66. The van der Waals surface area contributed by atoms with Crippen LogP contribution in [0.15, 0.2) is 54.1 Å². The maximum atomic E-state index is 12.6. The van der Waals surface area contributed by atoms with Crippen molar-refractivity contribution in [2.24, 2.45) is 0 Å². The largest absolute Gasteiger partial charge is 0.496 e. The van der Waals surface area contributed by atoms with Gasteiger partial charge in [0.05, 0.1) is 7.11 Å². The number of fused-ring (bicyclic) bond motifs is 1. The van der Waals surface area contributed by atoms with E-state index in [4.69, 9.17) is 4.74 Å². The van der Waals surface area contributed by atoms with Crippen LogP contribution < -0.4 is 4.74 Å². The molecule has 2 aromatic rings. The van der Waals surface area contributed by atoms with Gasteiger partial charge in [0.2, 0.25) is 0 Å². The molecule has 0 bridgehead atoms. The number of hydrogen-bond donors (Lipinski definition) is 0. The van der Waals surface area contributed by atoms with Gasteiger partial charge in [0.25, 0.3) is 0 Å². The predicted molar refractivity (Wildman–Crippen MR) is 80.1 cm³/mol. The van der Waals surface area contributed by atoms with E-state index in [0.717, 1.165) is 40.9 Å². The first-order valence-corrected chi connectivity index (χ1v) is 6.76. The minimum absolute atomic E-state index is 0.119. The van der Waals surface area contributed by atoms with Crippen LogP contribution in [0.4, 0.5) is 0 Å². The van der Waals surface area contributed by atoms with Crippen LogP contribution >= 0.6 is 0 Å². The van der Waals surface area contributed by atoms with Crippen molar-refractivity contribution in [3.05, 3.63) is 70.8 Å². The summed E-state index contributed by atoms with van der Waals surface area (Å²) in [5.74, 6) is 0.934. The van der Waals surface area contributed by atoms with Crippen molar-refractivity contribution in [1.82, 2.24) is 0 Å². The Morgan fingerprint density at radius 2 is 1.80 bits per heavy atom. The molecule has 2 nitrogen and oxygen atoms in total. The van der Waals surface area contributed by atoms with Crippen LogP contribution in [0, 0.1) is 0 Å². The molecule has 0 aliphatic heterocycles. The van der Waals surface area contributed by atoms with Crippen LogP contribution in [-0.2, 0) is 6.42 Å². The van der Waals surface area contributed by atoms with E-state index in [2.05, 4.69) is 0 Å². The summed E-state index contributed by atoms with van der Waals surface area (Å²) in [5.41, 5.74) is 3.75. The molecule has 0 unspecified atom stereocenters. The molecule has 3 rings (SSSR count). The molecular formula is C18H16O2. The van der Waals surface area contributed by atoms with E-state index < -0.39 is 0 Å². The molecule has 0 spiro atoms. The average Bonchev–Trinajstić information content (AvgIpc) is 2.51. The van der Waals surface area contributed by atoms with Gasteiger partial charge < -0.3 is 4.74 Å². The van der Waals surface area contributed by atoms with Gasteiger partial charge in [0, 0.05) is 16.7 Å². The molecule has 0 N–H and O–H groups in total. The Balaban J connectivity index is 2.00. The Labute approximate surface area is 118 Å². The maximum absolute atomic E-state index is 12.6. The predicted octanol–water partition coefficient (Wildman–Crippen LogP) is 3.91. The van der Waals surface area contributed by atoms with Crippen molar-refractivity contribution in [3.63, 3.8) is 0 Å². The van der Waals surface area contributed by atoms with Gasteiger partial charge in [-0.15, -0.1) is 0 Å². The molecule has 0 aromatic heterocycles. The zero-order chi connectivity index (χ0) is 13.9. The summed E-state index contributed by atoms with van der Waals surface area (Å²) in [6, 6.07) is 15.7.